The van der Waals surface area contributed by atoms with Gasteiger partial charge in [-0.3, -0.25) is 0 Å². The number of hydrogen-bond donors (Lipinski definition) is 1. The quantitative estimate of drug-likeness (QED) is 0.731. The predicted molar refractivity (Wildman–Crippen MR) is 53.3 cm³/mol. The summed E-state index contributed by atoms with van der Waals surface area (Å²) >= 11 is 3.12. The van der Waals surface area contributed by atoms with Crippen LogP contribution in [0.3, 0.4) is 0 Å². The van der Waals surface area contributed by atoms with E-state index in [1.165, 1.54) is 0 Å². The molecule has 0 fully saturated rings. The van der Waals surface area contributed by atoms with Crippen LogP contribution >= 0.6 is 15.9 Å². The molecule has 0 bridgehead atoms. The molecule has 1 nitrogen and oxygen atoms in total. The molecule has 0 radical (unpaired) electrons. The molecule has 2 heteroatoms. The van der Waals surface area contributed by atoms with Crippen molar-refractivity contribution < 1.29 is 10.6 Å². The van der Waals surface area contributed by atoms with Crippen molar-refractivity contribution in [3.8, 4) is 5.75 Å². The first-order valence-corrected chi connectivity index (χ1v) is 4.12. The fourth-order valence-electron chi connectivity index (χ4n) is 0.989. The van der Waals surface area contributed by atoms with Crippen LogP contribution in [0.25, 0.3) is 10.8 Å². The maximum atomic E-state index is 9.78. The molecule has 0 amide bonds. The van der Waals surface area contributed by atoms with Crippen LogP contribution in [0, 0.1) is 0 Å². The van der Waals surface area contributed by atoms with Crippen molar-refractivity contribution in [3.63, 3.8) is 0 Å². The van der Waals surface area contributed by atoms with Gasteiger partial charge in [-0.25, -0.2) is 0 Å². The summed E-state index contributed by atoms with van der Waals surface area (Å²) in [6.45, 7) is 0. The van der Waals surface area contributed by atoms with Gasteiger partial charge in [-0.15, -0.1) is 0 Å². The summed E-state index contributed by atoms with van der Waals surface area (Å²) in [6.07, 6.45) is 0. The molecule has 0 aliphatic carbocycles. The van der Waals surface area contributed by atoms with Crippen LogP contribution in [0.15, 0.2) is 40.8 Å². The summed E-state index contributed by atoms with van der Waals surface area (Å²) in [4.78, 5) is 0. The van der Waals surface area contributed by atoms with Gasteiger partial charge in [0.25, 0.3) is 0 Å². The molecule has 2 aromatic carbocycles. The Bertz CT molecular complexity index is 597. The summed E-state index contributed by atoms with van der Waals surface area (Å²) in [5.41, 5.74) is 0. The Balaban J connectivity index is 3.09. The Labute approximate surface area is 84.4 Å². The van der Waals surface area contributed by atoms with E-state index in [0.29, 0.717) is 9.86 Å². The van der Waals surface area contributed by atoms with Crippen LogP contribution in [-0.2, 0) is 0 Å². The van der Waals surface area contributed by atoms with E-state index in [1.54, 1.807) is 12.1 Å². The SMILES string of the molecule is [2H]c1c([2H])c([2H])c2c(O)c(Br)ccc2c1[2H]. The smallest absolute Gasteiger partial charge is 0.137 e. The third-order valence-corrected chi connectivity index (χ3v) is 2.22. The minimum Gasteiger partial charge on any atom is -0.506 e. The van der Waals surface area contributed by atoms with Crippen molar-refractivity contribution in [2.75, 3.05) is 0 Å². The van der Waals surface area contributed by atoms with Crippen LogP contribution in [-0.4, -0.2) is 5.11 Å². The van der Waals surface area contributed by atoms with Gasteiger partial charge in [0.1, 0.15) is 5.75 Å². The van der Waals surface area contributed by atoms with E-state index in [9.17, 15) is 5.11 Å². The summed E-state index contributed by atoms with van der Waals surface area (Å²) in [5.74, 6) is -0.162. The molecular formula is C10H7BrO. The monoisotopic (exact) mass is 226 g/mol. The van der Waals surface area contributed by atoms with Crippen LogP contribution < -0.4 is 0 Å². The number of phenolic OH excluding ortho intramolecular Hbond substituents is 1. The number of halogens is 1. The van der Waals surface area contributed by atoms with E-state index >= 15 is 0 Å². The minimum atomic E-state index is -0.342. The second-order valence-corrected chi connectivity index (χ2v) is 3.17. The Morgan fingerprint density at radius 3 is 2.83 bits per heavy atom. The molecule has 2 aromatic rings. The molecule has 0 aliphatic heterocycles. The molecule has 12 heavy (non-hydrogen) atoms. The highest BCUT2D eigenvalue weighted by atomic mass is 79.9. The zero-order valence-electron chi connectivity index (χ0n) is 9.98. The second-order valence-electron chi connectivity index (χ2n) is 2.32. The summed E-state index contributed by atoms with van der Waals surface area (Å²) in [6, 6.07) is 2.11. The number of hydrogen-bond acceptors (Lipinski definition) is 1. The van der Waals surface area contributed by atoms with Crippen molar-refractivity contribution >= 4 is 26.7 Å². The normalized spacial score (nSPS) is 15.1. The third-order valence-electron chi connectivity index (χ3n) is 1.58. The lowest BCUT2D eigenvalue weighted by atomic mass is 10.1. The van der Waals surface area contributed by atoms with Gasteiger partial charge in [0.15, 0.2) is 0 Å². The molecule has 0 saturated heterocycles. The molecule has 0 atom stereocenters. The first-order chi connectivity index (χ1) is 7.45. The fourth-order valence-corrected chi connectivity index (χ4v) is 1.32. The molecule has 2 rings (SSSR count). The highest BCUT2D eigenvalue weighted by Crippen LogP contribution is 2.31. The van der Waals surface area contributed by atoms with E-state index in [2.05, 4.69) is 15.9 Å². The van der Waals surface area contributed by atoms with Gasteiger partial charge in [-0.1, -0.05) is 30.2 Å². The maximum Gasteiger partial charge on any atom is 0.137 e. The Morgan fingerprint density at radius 2 is 2.00 bits per heavy atom. The first-order valence-electron chi connectivity index (χ1n) is 5.32. The van der Waals surface area contributed by atoms with E-state index in [4.69, 9.17) is 5.48 Å². The molecule has 0 aliphatic rings. The Hall–Kier alpha value is -1.02. The lowest BCUT2D eigenvalue weighted by Gasteiger charge is -2.01. The van der Waals surface area contributed by atoms with Gasteiger partial charge in [0, 0.05) is 5.39 Å². The average Bonchev–Trinajstić information content (AvgIpc) is 2.27. The summed E-state index contributed by atoms with van der Waals surface area (Å²) in [7, 11) is 0. The molecular weight excluding hydrogens is 216 g/mol. The molecule has 0 unspecified atom stereocenters. The lowest BCUT2D eigenvalue weighted by molar-refractivity contribution is 0.478. The van der Waals surface area contributed by atoms with Crippen LogP contribution in [0.5, 0.6) is 5.75 Å². The van der Waals surface area contributed by atoms with Crippen molar-refractivity contribution in [2.45, 2.75) is 0 Å². The summed E-state index contributed by atoms with van der Waals surface area (Å²) in [5, 5.41) is 10.2. The zero-order chi connectivity index (χ0) is 12.0. The lowest BCUT2D eigenvalue weighted by Crippen LogP contribution is -1.74. The summed E-state index contributed by atoms with van der Waals surface area (Å²) < 4.78 is 30.8. The third kappa shape index (κ3) is 1.08. The molecule has 1 N–H and O–H groups in total. The predicted octanol–water partition coefficient (Wildman–Crippen LogP) is 3.31. The van der Waals surface area contributed by atoms with Crippen LogP contribution in [0.1, 0.15) is 5.48 Å². The second kappa shape index (κ2) is 2.79. The van der Waals surface area contributed by atoms with Crippen molar-refractivity contribution in [2.24, 2.45) is 0 Å². The fraction of sp³-hybridized carbons (Fsp3) is 0. The molecule has 0 saturated carbocycles. The number of rotatable bonds is 0. The van der Waals surface area contributed by atoms with Gasteiger partial charge < -0.3 is 5.11 Å². The van der Waals surface area contributed by atoms with E-state index in [0.717, 1.165) is 0 Å². The van der Waals surface area contributed by atoms with Gasteiger partial charge in [-0.2, -0.15) is 0 Å². The van der Waals surface area contributed by atoms with Crippen molar-refractivity contribution in [1.29, 1.82) is 0 Å². The molecule has 60 valence electrons. The minimum absolute atomic E-state index is 0.139. The topological polar surface area (TPSA) is 20.2 Å². The maximum absolute atomic E-state index is 9.78. The van der Waals surface area contributed by atoms with Crippen LogP contribution in [0.2, 0.25) is 0 Å². The standard InChI is InChI=1S/C10H7BrO/c11-9-6-5-7-3-1-2-4-8(7)10(9)12/h1-6,12H/i1D,2D,3D,4D. The Kier molecular flexibility index (Phi) is 0.996. The first kappa shape index (κ1) is 4.28. The Morgan fingerprint density at radius 1 is 1.25 bits per heavy atom. The highest BCUT2D eigenvalue weighted by molar-refractivity contribution is 9.10. The number of phenols is 1. The van der Waals surface area contributed by atoms with Crippen molar-refractivity contribution in [1.82, 2.24) is 0 Å². The average molecular weight is 227 g/mol. The largest absolute Gasteiger partial charge is 0.506 e. The molecule has 0 aromatic heterocycles. The zero-order valence-corrected chi connectivity index (χ0v) is 7.57. The van der Waals surface area contributed by atoms with Crippen LogP contribution in [0.4, 0.5) is 0 Å². The molecule has 0 spiro atoms. The van der Waals surface area contributed by atoms with E-state index in [1.807, 2.05) is 0 Å². The van der Waals surface area contributed by atoms with E-state index in [-0.39, 0.29) is 35.3 Å². The van der Waals surface area contributed by atoms with Gasteiger partial charge in [-0.05, 0) is 27.4 Å². The van der Waals surface area contributed by atoms with Gasteiger partial charge in [0.2, 0.25) is 0 Å². The number of fused-ring (bicyclic) bond motifs is 1. The highest BCUT2D eigenvalue weighted by Gasteiger charge is 2.01. The molecule has 0 heterocycles. The van der Waals surface area contributed by atoms with Gasteiger partial charge >= 0.3 is 0 Å². The van der Waals surface area contributed by atoms with E-state index < -0.39 is 0 Å². The van der Waals surface area contributed by atoms with Gasteiger partial charge in [0.05, 0.1) is 9.96 Å². The number of aromatic hydroxyl groups is 1. The number of benzene rings is 2. The van der Waals surface area contributed by atoms with Crippen molar-refractivity contribution in [3.05, 3.63) is 40.8 Å².